The van der Waals surface area contributed by atoms with Crippen molar-refractivity contribution >= 4 is 33.3 Å². The quantitative estimate of drug-likeness (QED) is 0.747. The molecule has 1 aliphatic heterocycles. The van der Waals surface area contributed by atoms with Crippen molar-refractivity contribution in [1.82, 2.24) is 9.38 Å². The summed E-state index contributed by atoms with van der Waals surface area (Å²) in [5.74, 6) is 3.16. The van der Waals surface area contributed by atoms with Crippen LogP contribution in [0.5, 0.6) is 0 Å². The molecule has 1 fully saturated rings. The molecule has 1 unspecified atom stereocenters. The van der Waals surface area contributed by atoms with Gasteiger partial charge in [-0.05, 0) is 40.2 Å². The van der Waals surface area contributed by atoms with Gasteiger partial charge in [-0.25, -0.2) is 4.98 Å². The smallest absolute Gasteiger partial charge is 0.137 e. The van der Waals surface area contributed by atoms with Crippen LogP contribution >= 0.6 is 27.7 Å². The largest absolute Gasteiger partial charge is 0.294 e. The zero-order valence-electron chi connectivity index (χ0n) is 8.19. The summed E-state index contributed by atoms with van der Waals surface area (Å²) in [7, 11) is 0. The van der Waals surface area contributed by atoms with Gasteiger partial charge in [0.05, 0.1) is 10.3 Å². The Morgan fingerprint density at radius 3 is 3.13 bits per heavy atom. The molecule has 1 atom stereocenters. The summed E-state index contributed by atoms with van der Waals surface area (Å²) >= 11 is 5.57. The molecule has 78 valence electrons. The number of halogens is 1. The molecule has 0 radical (unpaired) electrons. The van der Waals surface area contributed by atoms with Crippen molar-refractivity contribution < 1.29 is 0 Å². The SMILES string of the molecule is Brc1cccc2nc(C3CCSC3)cn12. The summed E-state index contributed by atoms with van der Waals surface area (Å²) in [6, 6.07) is 6.12. The summed E-state index contributed by atoms with van der Waals surface area (Å²) in [5.41, 5.74) is 2.28. The molecule has 4 heteroatoms. The van der Waals surface area contributed by atoms with E-state index in [0.29, 0.717) is 5.92 Å². The molecule has 3 rings (SSSR count). The Balaban J connectivity index is 2.09. The highest BCUT2D eigenvalue weighted by atomic mass is 79.9. The van der Waals surface area contributed by atoms with Crippen molar-refractivity contribution in [3.05, 3.63) is 34.7 Å². The molecule has 15 heavy (non-hydrogen) atoms. The Morgan fingerprint density at radius 2 is 2.40 bits per heavy atom. The number of hydrogen-bond acceptors (Lipinski definition) is 2. The molecular formula is C11H11BrN2S. The summed E-state index contributed by atoms with van der Waals surface area (Å²) in [6.07, 6.45) is 3.43. The third kappa shape index (κ3) is 1.70. The van der Waals surface area contributed by atoms with Crippen molar-refractivity contribution in [2.45, 2.75) is 12.3 Å². The first kappa shape index (κ1) is 9.73. The van der Waals surface area contributed by atoms with Crippen LogP contribution in [-0.2, 0) is 0 Å². The number of aromatic nitrogens is 2. The lowest BCUT2D eigenvalue weighted by Gasteiger charge is -2.01. The minimum absolute atomic E-state index is 0.654. The molecule has 3 heterocycles. The minimum Gasteiger partial charge on any atom is -0.294 e. The van der Waals surface area contributed by atoms with Crippen LogP contribution in [-0.4, -0.2) is 20.9 Å². The molecule has 0 saturated carbocycles. The predicted molar refractivity (Wildman–Crippen MR) is 67.6 cm³/mol. The number of thioether (sulfide) groups is 1. The normalized spacial score (nSPS) is 21.3. The fourth-order valence-electron chi connectivity index (χ4n) is 1.96. The van der Waals surface area contributed by atoms with Crippen LogP contribution < -0.4 is 0 Å². The van der Waals surface area contributed by atoms with E-state index in [0.717, 1.165) is 10.3 Å². The molecule has 2 aromatic heterocycles. The van der Waals surface area contributed by atoms with Crippen molar-refractivity contribution in [2.75, 3.05) is 11.5 Å². The first-order chi connectivity index (χ1) is 7.34. The Labute approximate surface area is 101 Å². The zero-order chi connectivity index (χ0) is 10.3. The first-order valence-electron chi connectivity index (χ1n) is 5.06. The standard InChI is InChI=1S/C11H11BrN2S/c12-10-2-1-3-11-13-9(6-14(10)11)8-4-5-15-7-8/h1-3,6,8H,4-5,7H2. The van der Waals surface area contributed by atoms with Gasteiger partial charge in [-0.15, -0.1) is 0 Å². The van der Waals surface area contributed by atoms with E-state index in [9.17, 15) is 0 Å². The van der Waals surface area contributed by atoms with E-state index < -0.39 is 0 Å². The van der Waals surface area contributed by atoms with Crippen LogP contribution in [0.15, 0.2) is 29.0 Å². The maximum atomic E-state index is 4.68. The van der Waals surface area contributed by atoms with Gasteiger partial charge in [-0.3, -0.25) is 4.40 Å². The van der Waals surface area contributed by atoms with Crippen LogP contribution in [0.3, 0.4) is 0 Å². The number of fused-ring (bicyclic) bond motifs is 1. The molecule has 0 aliphatic carbocycles. The molecule has 1 saturated heterocycles. The van der Waals surface area contributed by atoms with Gasteiger partial charge in [0, 0.05) is 17.9 Å². The Morgan fingerprint density at radius 1 is 1.47 bits per heavy atom. The number of imidazole rings is 1. The van der Waals surface area contributed by atoms with Gasteiger partial charge in [0.25, 0.3) is 0 Å². The molecule has 2 aromatic rings. The van der Waals surface area contributed by atoms with Crippen LogP contribution in [0.25, 0.3) is 5.65 Å². The van der Waals surface area contributed by atoms with Crippen LogP contribution in [0.1, 0.15) is 18.0 Å². The average molecular weight is 283 g/mol. The Bertz CT molecular complexity index is 488. The van der Waals surface area contributed by atoms with Gasteiger partial charge < -0.3 is 0 Å². The van der Waals surface area contributed by atoms with E-state index in [1.165, 1.54) is 23.6 Å². The highest BCUT2D eigenvalue weighted by molar-refractivity contribution is 9.10. The molecule has 0 N–H and O–H groups in total. The van der Waals surface area contributed by atoms with Gasteiger partial charge in [0.2, 0.25) is 0 Å². The molecule has 0 spiro atoms. The third-order valence-corrected chi connectivity index (χ3v) is 4.62. The topological polar surface area (TPSA) is 17.3 Å². The van der Waals surface area contributed by atoms with Gasteiger partial charge in [0.15, 0.2) is 0 Å². The molecule has 0 bridgehead atoms. The van der Waals surface area contributed by atoms with Crippen LogP contribution in [0.4, 0.5) is 0 Å². The van der Waals surface area contributed by atoms with Crippen molar-refractivity contribution in [2.24, 2.45) is 0 Å². The minimum atomic E-state index is 0.654. The lowest BCUT2D eigenvalue weighted by atomic mass is 10.1. The highest BCUT2D eigenvalue weighted by Crippen LogP contribution is 2.32. The molecule has 0 amide bonds. The second-order valence-corrected chi connectivity index (χ2v) is 5.77. The first-order valence-corrected chi connectivity index (χ1v) is 7.00. The molecule has 0 aromatic carbocycles. The van der Waals surface area contributed by atoms with E-state index in [1.54, 1.807) is 0 Å². The second-order valence-electron chi connectivity index (χ2n) is 3.80. The maximum Gasteiger partial charge on any atom is 0.137 e. The van der Waals surface area contributed by atoms with Gasteiger partial charge >= 0.3 is 0 Å². The Hall–Kier alpha value is -0.480. The number of nitrogens with zero attached hydrogens (tertiary/aromatic N) is 2. The van der Waals surface area contributed by atoms with E-state index in [1.807, 2.05) is 23.9 Å². The van der Waals surface area contributed by atoms with Crippen molar-refractivity contribution in [1.29, 1.82) is 0 Å². The number of rotatable bonds is 1. The second kappa shape index (κ2) is 3.83. The summed E-state index contributed by atoms with van der Waals surface area (Å²) in [6.45, 7) is 0. The number of pyridine rings is 1. The highest BCUT2D eigenvalue weighted by Gasteiger charge is 2.20. The van der Waals surface area contributed by atoms with E-state index in [4.69, 9.17) is 0 Å². The number of hydrogen-bond donors (Lipinski definition) is 0. The lowest BCUT2D eigenvalue weighted by molar-refractivity contribution is 0.759. The fourth-order valence-corrected chi connectivity index (χ4v) is 3.64. The van der Waals surface area contributed by atoms with Crippen LogP contribution in [0.2, 0.25) is 0 Å². The maximum absolute atomic E-state index is 4.68. The van der Waals surface area contributed by atoms with E-state index in [2.05, 4.69) is 37.6 Å². The third-order valence-electron chi connectivity index (χ3n) is 2.81. The summed E-state index contributed by atoms with van der Waals surface area (Å²) in [4.78, 5) is 4.68. The fraction of sp³-hybridized carbons (Fsp3) is 0.364. The lowest BCUT2D eigenvalue weighted by Crippen LogP contribution is -1.95. The van der Waals surface area contributed by atoms with Gasteiger partial charge in [-0.1, -0.05) is 6.07 Å². The van der Waals surface area contributed by atoms with Crippen molar-refractivity contribution in [3.63, 3.8) is 0 Å². The van der Waals surface area contributed by atoms with E-state index >= 15 is 0 Å². The molecule has 1 aliphatic rings. The monoisotopic (exact) mass is 282 g/mol. The van der Waals surface area contributed by atoms with Crippen molar-refractivity contribution in [3.8, 4) is 0 Å². The molecule has 2 nitrogen and oxygen atoms in total. The molecular weight excluding hydrogens is 272 g/mol. The average Bonchev–Trinajstić information content (AvgIpc) is 2.86. The van der Waals surface area contributed by atoms with Gasteiger partial charge in [0.1, 0.15) is 5.65 Å². The predicted octanol–water partition coefficient (Wildman–Crippen LogP) is 3.32. The summed E-state index contributed by atoms with van der Waals surface area (Å²) in [5, 5.41) is 0. The van der Waals surface area contributed by atoms with Crippen LogP contribution in [0, 0.1) is 0 Å². The summed E-state index contributed by atoms with van der Waals surface area (Å²) < 4.78 is 3.18. The van der Waals surface area contributed by atoms with E-state index in [-0.39, 0.29) is 0 Å². The Kier molecular flexibility index (Phi) is 2.48. The van der Waals surface area contributed by atoms with Gasteiger partial charge in [-0.2, -0.15) is 11.8 Å². The zero-order valence-corrected chi connectivity index (χ0v) is 10.6.